The van der Waals surface area contributed by atoms with Crippen LogP contribution in [0.5, 0.6) is 11.5 Å². The molecular weight excluding hydrogens is 410 g/mol. The lowest BCUT2D eigenvalue weighted by Crippen LogP contribution is -2.35. The van der Waals surface area contributed by atoms with Crippen molar-refractivity contribution < 1.29 is 23.5 Å². The van der Waals surface area contributed by atoms with Gasteiger partial charge in [0.2, 0.25) is 5.91 Å². The number of rotatable bonds is 7. The quantitative estimate of drug-likeness (QED) is 0.613. The van der Waals surface area contributed by atoms with Crippen molar-refractivity contribution in [3.05, 3.63) is 78.0 Å². The Morgan fingerprint density at radius 1 is 1.16 bits per heavy atom. The number of aromatic nitrogens is 1. The van der Waals surface area contributed by atoms with Crippen molar-refractivity contribution >= 4 is 11.8 Å². The lowest BCUT2D eigenvalue weighted by Gasteiger charge is -2.21. The van der Waals surface area contributed by atoms with Crippen molar-refractivity contribution in [1.29, 1.82) is 0 Å². The number of carbonyl (C=O) groups excluding carboxylic acids is 2. The van der Waals surface area contributed by atoms with E-state index >= 15 is 0 Å². The summed E-state index contributed by atoms with van der Waals surface area (Å²) in [5, 5.41) is 2.99. The maximum absolute atomic E-state index is 13.2. The Kier molecular flexibility index (Phi) is 6.39. The van der Waals surface area contributed by atoms with E-state index in [1.54, 1.807) is 49.7 Å². The molecule has 0 aliphatic carbocycles. The Bertz CT molecular complexity index is 1070. The standard InChI is InChI=1S/C24H25N3O5/c1-30-17-7-8-18(22(11-17)31-2)19-14-27(24(29)21-6-4-10-32-21)15-20(19)23(28)26-13-16-5-3-9-25-12-16/h3-12,19-20H,13-15H2,1-2H3,(H,26,28). The summed E-state index contributed by atoms with van der Waals surface area (Å²) in [6.45, 7) is 1.01. The van der Waals surface area contributed by atoms with E-state index in [1.165, 1.54) is 6.26 Å². The first kappa shape index (κ1) is 21.4. The van der Waals surface area contributed by atoms with Crippen LogP contribution in [0.3, 0.4) is 0 Å². The Morgan fingerprint density at radius 2 is 2.03 bits per heavy atom. The lowest BCUT2D eigenvalue weighted by atomic mass is 9.87. The van der Waals surface area contributed by atoms with Crippen LogP contribution in [-0.4, -0.2) is 49.0 Å². The molecule has 1 N–H and O–H groups in total. The van der Waals surface area contributed by atoms with Crippen LogP contribution in [0.4, 0.5) is 0 Å². The molecule has 1 aliphatic rings. The number of pyridine rings is 1. The molecule has 1 aliphatic heterocycles. The third-order valence-electron chi connectivity index (χ3n) is 5.71. The number of benzene rings is 1. The number of hydrogen-bond donors (Lipinski definition) is 1. The van der Waals surface area contributed by atoms with Gasteiger partial charge < -0.3 is 24.1 Å². The average Bonchev–Trinajstić information content (AvgIpc) is 3.53. The largest absolute Gasteiger partial charge is 0.497 e. The molecule has 1 aromatic carbocycles. The van der Waals surface area contributed by atoms with E-state index in [9.17, 15) is 9.59 Å². The van der Waals surface area contributed by atoms with Crippen molar-refractivity contribution in [3.63, 3.8) is 0 Å². The second-order valence-corrected chi connectivity index (χ2v) is 7.59. The number of carbonyl (C=O) groups is 2. The number of nitrogens with one attached hydrogen (secondary N) is 1. The van der Waals surface area contributed by atoms with Gasteiger partial charge in [-0.15, -0.1) is 0 Å². The van der Waals surface area contributed by atoms with Gasteiger partial charge in [0.25, 0.3) is 5.91 Å². The zero-order chi connectivity index (χ0) is 22.5. The Balaban J connectivity index is 1.60. The van der Waals surface area contributed by atoms with Crippen LogP contribution < -0.4 is 14.8 Å². The summed E-state index contributed by atoms with van der Waals surface area (Å²) in [7, 11) is 3.17. The van der Waals surface area contributed by atoms with E-state index in [-0.39, 0.29) is 30.0 Å². The van der Waals surface area contributed by atoms with Crippen molar-refractivity contribution in [2.45, 2.75) is 12.5 Å². The molecule has 2 unspecified atom stereocenters. The molecule has 0 saturated carbocycles. The molecule has 3 aromatic rings. The topological polar surface area (TPSA) is 93.9 Å². The number of ether oxygens (including phenoxy) is 2. The minimum atomic E-state index is -0.451. The third-order valence-corrected chi connectivity index (χ3v) is 5.71. The summed E-state index contributed by atoms with van der Waals surface area (Å²) in [5.74, 6) is 0.455. The number of methoxy groups -OCH3 is 2. The molecular formula is C24H25N3O5. The summed E-state index contributed by atoms with van der Waals surface area (Å²) in [6.07, 6.45) is 4.86. The third kappa shape index (κ3) is 4.44. The van der Waals surface area contributed by atoms with Gasteiger partial charge in [-0.25, -0.2) is 0 Å². The van der Waals surface area contributed by atoms with Crippen molar-refractivity contribution in [3.8, 4) is 11.5 Å². The van der Waals surface area contributed by atoms with Crippen molar-refractivity contribution in [2.75, 3.05) is 27.3 Å². The number of nitrogens with zero attached hydrogens (tertiary/aromatic N) is 2. The van der Waals surface area contributed by atoms with E-state index in [0.717, 1.165) is 11.1 Å². The van der Waals surface area contributed by atoms with Crippen molar-refractivity contribution in [2.24, 2.45) is 5.92 Å². The number of furan rings is 1. The van der Waals surface area contributed by atoms with Crippen LogP contribution in [0.2, 0.25) is 0 Å². The molecule has 32 heavy (non-hydrogen) atoms. The fourth-order valence-electron chi connectivity index (χ4n) is 4.05. The molecule has 0 spiro atoms. The minimum absolute atomic E-state index is 0.133. The smallest absolute Gasteiger partial charge is 0.289 e. The molecule has 8 heteroatoms. The summed E-state index contributed by atoms with van der Waals surface area (Å²) in [5.41, 5.74) is 1.76. The first-order valence-corrected chi connectivity index (χ1v) is 10.3. The van der Waals surface area contributed by atoms with Crippen molar-refractivity contribution in [1.82, 2.24) is 15.2 Å². The lowest BCUT2D eigenvalue weighted by molar-refractivity contribution is -0.125. The molecule has 2 aromatic heterocycles. The maximum Gasteiger partial charge on any atom is 0.289 e. The van der Waals surface area contributed by atoms with E-state index in [1.807, 2.05) is 24.3 Å². The molecule has 1 saturated heterocycles. The Hall–Kier alpha value is -3.81. The molecule has 8 nitrogen and oxygen atoms in total. The first-order valence-electron chi connectivity index (χ1n) is 10.3. The summed E-state index contributed by atoms with van der Waals surface area (Å²) in [4.78, 5) is 31.9. The van der Waals surface area contributed by atoms with Gasteiger partial charge in [0.15, 0.2) is 5.76 Å². The molecule has 0 bridgehead atoms. The van der Waals surface area contributed by atoms with E-state index in [4.69, 9.17) is 13.9 Å². The van der Waals surface area contributed by atoms with Gasteiger partial charge in [0, 0.05) is 49.6 Å². The molecule has 2 amide bonds. The number of likely N-dealkylation sites (tertiary alicyclic amines) is 1. The van der Waals surface area contributed by atoms with Crippen LogP contribution >= 0.6 is 0 Å². The fourth-order valence-corrected chi connectivity index (χ4v) is 4.05. The predicted octanol–water partition coefficient (Wildman–Crippen LogP) is 2.86. The van der Waals surface area contributed by atoms with Crippen LogP contribution in [0.15, 0.2) is 65.5 Å². The maximum atomic E-state index is 13.2. The molecule has 2 atom stereocenters. The zero-order valence-electron chi connectivity index (χ0n) is 18.0. The van der Waals surface area contributed by atoms with Crippen LogP contribution in [-0.2, 0) is 11.3 Å². The van der Waals surface area contributed by atoms with E-state index in [0.29, 0.717) is 24.6 Å². The van der Waals surface area contributed by atoms with E-state index in [2.05, 4.69) is 10.3 Å². The van der Waals surface area contributed by atoms with Gasteiger partial charge >= 0.3 is 0 Å². The number of hydrogen-bond acceptors (Lipinski definition) is 6. The molecule has 4 rings (SSSR count). The fraction of sp³-hybridized carbons (Fsp3) is 0.292. The Morgan fingerprint density at radius 3 is 2.72 bits per heavy atom. The summed E-state index contributed by atoms with van der Waals surface area (Å²) in [6, 6.07) is 12.5. The van der Waals surface area contributed by atoms with Crippen LogP contribution in [0.25, 0.3) is 0 Å². The van der Waals surface area contributed by atoms with Crippen LogP contribution in [0.1, 0.15) is 27.6 Å². The van der Waals surface area contributed by atoms with Gasteiger partial charge in [-0.05, 0) is 29.8 Å². The second kappa shape index (κ2) is 9.55. The highest BCUT2D eigenvalue weighted by Gasteiger charge is 2.42. The average molecular weight is 435 g/mol. The second-order valence-electron chi connectivity index (χ2n) is 7.59. The molecule has 1 fully saturated rings. The minimum Gasteiger partial charge on any atom is -0.497 e. The molecule has 166 valence electrons. The van der Waals surface area contributed by atoms with Crippen LogP contribution in [0, 0.1) is 5.92 Å². The van der Waals surface area contributed by atoms with Gasteiger partial charge in [-0.2, -0.15) is 0 Å². The molecule has 3 heterocycles. The highest BCUT2D eigenvalue weighted by Crippen LogP contribution is 2.39. The Labute approximate surface area is 186 Å². The summed E-state index contributed by atoms with van der Waals surface area (Å²) >= 11 is 0. The van der Waals surface area contributed by atoms with Gasteiger partial charge in [-0.1, -0.05) is 12.1 Å². The number of amides is 2. The first-order chi connectivity index (χ1) is 15.6. The normalized spacial score (nSPS) is 17.8. The highest BCUT2D eigenvalue weighted by atomic mass is 16.5. The summed E-state index contributed by atoms with van der Waals surface area (Å²) < 4.78 is 16.2. The highest BCUT2D eigenvalue weighted by molar-refractivity contribution is 5.92. The van der Waals surface area contributed by atoms with E-state index < -0.39 is 5.92 Å². The predicted molar refractivity (Wildman–Crippen MR) is 116 cm³/mol. The van der Waals surface area contributed by atoms with Gasteiger partial charge in [0.05, 0.1) is 26.4 Å². The van der Waals surface area contributed by atoms with Gasteiger partial charge in [0.1, 0.15) is 11.5 Å². The molecule has 0 radical (unpaired) electrons. The SMILES string of the molecule is COc1ccc(C2CN(C(=O)c3ccco3)CC2C(=O)NCc2cccnc2)c(OC)c1. The van der Waals surface area contributed by atoms with Gasteiger partial charge in [-0.3, -0.25) is 14.6 Å². The zero-order valence-corrected chi connectivity index (χ0v) is 18.0. The monoisotopic (exact) mass is 435 g/mol.